The second kappa shape index (κ2) is 7.03. The predicted molar refractivity (Wildman–Crippen MR) is 99.5 cm³/mol. The number of carbonyl (C=O) groups is 2. The van der Waals surface area contributed by atoms with Crippen molar-refractivity contribution in [1.29, 1.82) is 0 Å². The molecule has 0 fully saturated rings. The number of carbonyl (C=O) groups excluding carboxylic acids is 2. The lowest BCUT2D eigenvalue weighted by Gasteiger charge is -2.27. The van der Waals surface area contributed by atoms with Gasteiger partial charge in [-0.25, -0.2) is 4.98 Å². The zero-order chi connectivity index (χ0) is 18.8. The summed E-state index contributed by atoms with van der Waals surface area (Å²) < 4.78 is 5.03. The Morgan fingerprint density at radius 1 is 1.38 bits per heavy atom. The normalized spacial score (nSPS) is 16.7. The molecule has 0 bridgehead atoms. The number of hydrogen-bond donors (Lipinski definition) is 2. The second-order valence-corrected chi connectivity index (χ2v) is 6.40. The average molecular weight is 354 g/mol. The SMILES string of the molecule is COc1ncc(NC(C)C(=O)N2c3ccccc3CC2C)cc1C(N)=O. The first-order chi connectivity index (χ1) is 12.4. The van der Waals surface area contributed by atoms with Crippen LogP contribution in [0.1, 0.15) is 29.8 Å². The van der Waals surface area contributed by atoms with Gasteiger partial charge in [0.15, 0.2) is 0 Å². The molecule has 0 radical (unpaired) electrons. The molecule has 0 saturated carbocycles. The zero-order valence-corrected chi connectivity index (χ0v) is 15.0. The molecule has 1 aromatic carbocycles. The van der Waals surface area contributed by atoms with Gasteiger partial charge in [0, 0.05) is 11.7 Å². The molecular weight excluding hydrogens is 332 g/mol. The first-order valence-electron chi connectivity index (χ1n) is 8.43. The Labute approximate surface area is 152 Å². The number of aromatic nitrogens is 1. The third-order valence-electron chi connectivity index (χ3n) is 4.51. The third kappa shape index (κ3) is 3.20. The number of fused-ring (bicyclic) bond motifs is 1. The Kier molecular flexibility index (Phi) is 4.79. The van der Waals surface area contributed by atoms with Crippen LogP contribution in [0.3, 0.4) is 0 Å². The number of pyridine rings is 1. The van der Waals surface area contributed by atoms with E-state index in [2.05, 4.69) is 10.3 Å². The largest absolute Gasteiger partial charge is 0.480 e. The molecule has 2 aromatic rings. The standard InChI is InChI=1S/C19H22N4O3/c1-11-8-13-6-4-5-7-16(13)23(11)19(25)12(2)22-14-9-15(17(20)24)18(26-3)21-10-14/h4-7,9-12,22H,8H2,1-3H3,(H2,20,24). The van der Waals surface area contributed by atoms with Gasteiger partial charge < -0.3 is 20.7 Å². The topological polar surface area (TPSA) is 97.6 Å². The summed E-state index contributed by atoms with van der Waals surface area (Å²) in [6.45, 7) is 3.81. The third-order valence-corrected chi connectivity index (χ3v) is 4.51. The van der Waals surface area contributed by atoms with Gasteiger partial charge in [-0.2, -0.15) is 0 Å². The van der Waals surface area contributed by atoms with Gasteiger partial charge in [-0.3, -0.25) is 9.59 Å². The highest BCUT2D eigenvalue weighted by atomic mass is 16.5. The molecule has 2 amide bonds. The molecule has 1 aliphatic heterocycles. The van der Waals surface area contributed by atoms with Gasteiger partial charge in [-0.15, -0.1) is 0 Å². The molecule has 3 rings (SSSR count). The molecule has 1 aromatic heterocycles. The summed E-state index contributed by atoms with van der Waals surface area (Å²) in [5, 5.41) is 3.10. The molecule has 0 saturated heterocycles. The molecule has 136 valence electrons. The number of rotatable bonds is 5. The summed E-state index contributed by atoms with van der Waals surface area (Å²) in [5.74, 6) is -0.526. The van der Waals surface area contributed by atoms with E-state index in [9.17, 15) is 9.59 Å². The average Bonchev–Trinajstić information content (AvgIpc) is 2.96. The van der Waals surface area contributed by atoms with Gasteiger partial charge in [-0.05, 0) is 38.0 Å². The summed E-state index contributed by atoms with van der Waals surface area (Å²) in [6.07, 6.45) is 2.35. The highest BCUT2D eigenvalue weighted by Gasteiger charge is 2.33. The molecule has 2 atom stereocenters. The summed E-state index contributed by atoms with van der Waals surface area (Å²) in [7, 11) is 1.42. The van der Waals surface area contributed by atoms with Crippen LogP contribution in [-0.4, -0.2) is 36.0 Å². The number of primary amides is 1. The van der Waals surface area contributed by atoms with E-state index >= 15 is 0 Å². The highest BCUT2D eigenvalue weighted by Crippen LogP contribution is 2.32. The lowest BCUT2D eigenvalue weighted by Crippen LogP contribution is -2.44. The van der Waals surface area contributed by atoms with Crippen LogP contribution < -0.4 is 20.7 Å². The number of ether oxygens (including phenoxy) is 1. The zero-order valence-electron chi connectivity index (χ0n) is 15.0. The Balaban J connectivity index is 1.80. The van der Waals surface area contributed by atoms with Crippen molar-refractivity contribution in [1.82, 2.24) is 4.98 Å². The summed E-state index contributed by atoms with van der Waals surface area (Å²) in [4.78, 5) is 30.4. The van der Waals surface area contributed by atoms with Crippen molar-refractivity contribution in [2.45, 2.75) is 32.4 Å². The number of hydrogen-bond acceptors (Lipinski definition) is 5. The maximum Gasteiger partial charge on any atom is 0.254 e. The van der Waals surface area contributed by atoms with Gasteiger partial charge in [0.1, 0.15) is 11.6 Å². The maximum absolute atomic E-state index is 13.0. The number of methoxy groups -OCH3 is 1. The minimum atomic E-state index is -0.640. The molecule has 0 aliphatic carbocycles. The molecule has 2 unspecified atom stereocenters. The Hall–Kier alpha value is -3.09. The quantitative estimate of drug-likeness (QED) is 0.855. The fourth-order valence-corrected chi connectivity index (χ4v) is 3.29. The number of anilines is 2. The van der Waals surface area contributed by atoms with Gasteiger partial charge >= 0.3 is 0 Å². The van der Waals surface area contributed by atoms with E-state index in [0.29, 0.717) is 5.69 Å². The van der Waals surface area contributed by atoms with Crippen molar-refractivity contribution in [3.05, 3.63) is 47.7 Å². The summed E-state index contributed by atoms with van der Waals surface area (Å²) >= 11 is 0. The van der Waals surface area contributed by atoms with E-state index in [1.54, 1.807) is 13.0 Å². The van der Waals surface area contributed by atoms with Gasteiger partial charge in [-0.1, -0.05) is 18.2 Å². The van der Waals surface area contributed by atoms with E-state index in [-0.39, 0.29) is 23.4 Å². The van der Waals surface area contributed by atoms with Gasteiger partial charge in [0.2, 0.25) is 11.8 Å². The molecule has 2 heterocycles. The van der Waals surface area contributed by atoms with Gasteiger partial charge in [0.05, 0.1) is 19.0 Å². The van der Waals surface area contributed by atoms with Crippen LogP contribution in [0.2, 0.25) is 0 Å². The van der Waals surface area contributed by atoms with Crippen molar-refractivity contribution in [3.8, 4) is 5.88 Å². The van der Waals surface area contributed by atoms with Crippen molar-refractivity contribution in [3.63, 3.8) is 0 Å². The minimum absolute atomic E-state index is 0.0427. The molecule has 3 N–H and O–H groups in total. The minimum Gasteiger partial charge on any atom is -0.480 e. The van der Waals surface area contributed by atoms with Crippen molar-refractivity contribution >= 4 is 23.2 Å². The van der Waals surface area contributed by atoms with Crippen LogP contribution in [0.5, 0.6) is 5.88 Å². The predicted octanol–water partition coefficient (Wildman–Crippen LogP) is 1.97. The molecule has 1 aliphatic rings. The fraction of sp³-hybridized carbons (Fsp3) is 0.316. The second-order valence-electron chi connectivity index (χ2n) is 6.40. The number of benzene rings is 1. The highest BCUT2D eigenvalue weighted by molar-refractivity contribution is 6.01. The summed E-state index contributed by atoms with van der Waals surface area (Å²) in [5.41, 5.74) is 8.17. The van der Waals surface area contributed by atoms with Crippen molar-refractivity contribution in [2.24, 2.45) is 5.73 Å². The molecule has 7 heteroatoms. The van der Waals surface area contributed by atoms with Crippen LogP contribution in [0.15, 0.2) is 36.5 Å². The number of amides is 2. The van der Waals surface area contributed by atoms with Crippen molar-refractivity contribution < 1.29 is 14.3 Å². The Morgan fingerprint density at radius 3 is 2.81 bits per heavy atom. The van der Waals surface area contributed by atoms with Gasteiger partial charge in [0.25, 0.3) is 5.91 Å². The van der Waals surface area contributed by atoms with Crippen LogP contribution in [0, 0.1) is 0 Å². The van der Waals surface area contributed by atoms with Crippen molar-refractivity contribution in [2.75, 3.05) is 17.3 Å². The molecular formula is C19H22N4O3. The van der Waals surface area contributed by atoms with E-state index in [0.717, 1.165) is 12.1 Å². The van der Waals surface area contributed by atoms with E-state index in [1.165, 1.54) is 18.9 Å². The van der Waals surface area contributed by atoms with E-state index < -0.39 is 11.9 Å². The first-order valence-corrected chi connectivity index (χ1v) is 8.43. The number of nitrogens with two attached hydrogens (primary N) is 1. The van der Waals surface area contributed by atoms with Crippen LogP contribution in [0.4, 0.5) is 11.4 Å². The Bertz CT molecular complexity index is 852. The van der Waals surface area contributed by atoms with E-state index in [1.807, 2.05) is 36.1 Å². The van der Waals surface area contributed by atoms with Crippen LogP contribution in [0.25, 0.3) is 0 Å². The number of nitrogens with one attached hydrogen (secondary N) is 1. The number of nitrogens with zero attached hydrogens (tertiary/aromatic N) is 2. The maximum atomic E-state index is 13.0. The monoisotopic (exact) mass is 354 g/mol. The Morgan fingerprint density at radius 2 is 2.12 bits per heavy atom. The lowest BCUT2D eigenvalue weighted by atomic mass is 10.1. The van der Waals surface area contributed by atoms with Crippen LogP contribution >= 0.6 is 0 Å². The molecule has 0 spiro atoms. The van der Waals surface area contributed by atoms with Crippen LogP contribution in [-0.2, 0) is 11.2 Å². The molecule has 26 heavy (non-hydrogen) atoms. The summed E-state index contributed by atoms with van der Waals surface area (Å²) in [6, 6.07) is 9.06. The smallest absolute Gasteiger partial charge is 0.254 e. The van der Waals surface area contributed by atoms with E-state index in [4.69, 9.17) is 10.5 Å². The lowest BCUT2D eigenvalue weighted by molar-refractivity contribution is -0.119. The fourth-order valence-electron chi connectivity index (χ4n) is 3.29. The first kappa shape index (κ1) is 17.7. The number of para-hydroxylation sites is 1. The molecule has 7 nitrogen and oxygen atoms in total.